The van der Waals surface area contributed by atoms with Gasteiger partial charge >= 0.3 is 0 Å². The van der Waals surface area contributed by atoms with Gasteiger partial charge in [0.1, 0.15) is 0 Å². The number of hydrogen-bond donors (Lipinski definition) is 2. The van der Waals surface area contributed by atoms with Crippen molar-refractivity contribution in [2.45, 2.75) is 6.42 Å². The van der Waals surface area contributed by atoms with Gasteiger partial charge in [-0.3, -0.25) is 9.59 Å². The van der Waals surface area contributed by atoms with Crippen molar-refractivity contribution >= 4 is 23.2 Å². The number of anilines is 1. The maximum atomic E-state index is 12.1. The average molecular weight is 305 g/mol. The van der Waals surface area contributed by atoms with Crippen molar-refractivity contribution in [3.8, 4) is 0 Å². The zero-order valence-corrected chi connectivity index (χ0v) is 12.3. The molecule has 2 N–H and O–H groups in total. The Morgan fingerprint density at radius 3 is 2.52 bits per heavy atom. The molecule has 2 unspecified atom stereocenters. The summed E-state index contributed by atoms with van der Waals surface area (Å²) in [7, 11) is 0. The predicted octanol–water partition coefficient (Wildman–Crippen LogP) is 2.41. The van der Waals surface area contributed by atoms with E-state index < -0.39 is 0 Å². The lowest BCUT2D eigenvalue weighted by Gasteiger charge is -2.12. The molecule has 1 heterocycles. The zero-order chi connectivity index (χ0) is 15.8. The van der Waals surface area contributed by atoms with Crippen LogP contribution in [0.4, 0.5) is 5.69 Å². The second-order valence-electron chi connectivity index (χ2n) is 5.82. The van der Waals surface area contributed by atoms with Crippen LogP contribution in [0.5, 0.6) is 0 Å². The summed E-state index contributed by atoms with van der Waals surface area (Å²) in [6.45, 7) is 0. The van der Waals surface area contributed by atoms with Gasteiger partial charge in [-0.05, 0) is 36.2 Å². The first-order valence-electron chi connectivity index (χ1n) is 7.56. The second kappa shape index (κ2) is 5.35. The molecule has 23 heavy (non-hydrogen) atoms. The van der Waals surface area contributed by atoms with Gasteiger partial charge in [0.15, 0.2) is 0 Å². The van der Waals surface area contributed by atoms with Crippen molar-refractivity contribution < 1.29 is 9.59 Å². The Hall–Kier alpha value is -2.95. The lowest BCUT2D eigenvalue weighted by molar-refractivity contribution is -0.122. The molecule has 2 amide bonds. The van der Waals surface area contributed by atoms with E-state index in [4.69, 9.17) is 0 Å². The van der Waals surface area contributed by atoms with E-state index in [-0.39, 0.29) is 23.7 Å². The molecule has 5 heteroatoms. The molecule has 0 aromatic heterocycles. The third-order valence-corrected chi connectivity index (χ3v) is 4.24. The highest BCUT2D eigenvalue weighted by Crippen LogP contribution is 2.43. The van der Waals surface area contributed by atoms with Crippen LogP contribution < -0.4 is 10.7 Å². The fourth-order valence-corrected chi connectivity index (χ4v) is 2.86. The Morgan fingerprint density at radius 1 is 1.04 bits per heavy atom. The highest BCUT2D eigenvalue weighted by atomic mass is 16.2. The first-order chi connectivity index (χ1) is 11.2. The molecule has 114 valence electrons. The molecule has 2 aromatic carbocycles. The van der Waals surface area contributed by atoms with E-state index in [0.29, 0.717) is 5.56 Å². The largest absolute Gasteiger partial charge is 0.322 e. The Bertz CT molecular complexity index is 797. The summed E-state index contributed by atoms with van der Waals surface area (Å²) in [5, 5.41) is 7.04. The minimum atomic E-state index is -0.136. The van der Waals surface area contributed by atoms with Crippen molar-refractivity contribution in [3.05, 3.63) is 65.7 Å². The number of fused-ring (bicyclic) bond motifs is 1. The van der Waals surface area contributed by atoms with Crippen LogP contribution in [0, 0.1) is 11.8 Å². The number of rotatable bonds is 3. The van der Waals surface area contributed by atoms with E-state index >= 15 is 0 Å². The SMILES string of the molecule is O=C(Nc1ccc(C2=NNC(=O)C3CC23)cc1)c1ccccc1. The molecular formula is C18H15N3O2. The van der Waals surface area contributed by atoms with E-state index in [0.717, 1.165) is 23.4 Å². The molecule has 2 atom stereocenters. The van der Waals surface area contributed by atoms with Crippen LogP contribution in [0.1, 0.15) is 22.3 Å². The quantitative estimate of drug-likeness (QED) is 0.914. The summed E-state index contributed by atoms with van der Waals surface area (Å²) in [5.41, 5.74) is 5.83. The standard InChI is InChI=1S/C18H15N3O2/c22-17(12-4-2-1-3-5-12)19-13-8-6-11(7-9-13)16-14-10-15(14)18(23)21-20-16/h1-9,14-15H,10H2,(H,19,22)(H,21,23). The molecule has 4 rings (SSSR count). The second-order valence-corrected chi connectivity index (χ2v) is 5.82. The van der Waals surface area contributed by atoms with Gasteiger partial charge in [-0.2, -0.15) is 5.10 Å². The minimum Gasteiger partial charge on any atom is -0.322 e. The maximum absolute atomic E-state index is 12.1. The lowest BCUT2D eigenvalue weighted by Crippen LogP contribution is -2.28. The van der Waals surface area contributed by atoms with E-state index in [1.165, 1.54) is 0 Å². The number of amides is 2. The fourth-order valence-electron chi connectivity index (χ4n) is 2.86. The Kier molecular flexibility index (Phi) is 3.19. The molecule has 2 aliphatic rings. The molecule has 1 aliphatic carbocycles. The van der Waals surface area contributed by atoms with Crippen LogP contribution in [0.2, 0.25) is 0 Å². The molecule has 2 aromatic rings. The summed E-state index contributed by atoms with van der Waals surface area (Å²) >= 11 is 0. The third kappa shape index (κ3) is 2.61. The molecule has 1 saturated carbocycles. The number of carbonyl (C=O) groups excluding carboxylic acids is 2. The summed E-state index contributed by atoms with van der Waals surface area (Å²) < 4.78 is 0. The van der Waals surface area contributed by atoms with Crippen LogP contribution in [-0.2, 0) is 4.79 Å². The number of hydrogen-bond acceptors (Lipinski definition) is 3. The highest BCUT2D eigenvalue weighted by molar-refractivity contribution is 6.10. The molecule has 0 radical (unpaired) electrons. The van der Waals surface area contributed by atoms with Gasteiger partial charge in [0, 0.05) is 23.1 Å². The predicted molar refractivity (Wildman–Crippen MR) is 87.1 cm³/mol. The molecule has 0 spiro atoms. The average Bonchev–Trinajstić information content (AvgIpc) is 3.39. The van der Waals surface area contributed by atoms with E-state index in [2.05, 4.69) is 15.8 Å². The van der Waals surface area contributed by atoms with Crippen molar-refractivity contribution in [1.82, 2.24) is 5.43 Å². The first-order valence-corrected chi connectivity index (χ1v) is 7.56. The van der Waals surface area contributed by atoms with Crippen molar-refractivity contribution in [2.75, 3.05) is 5.32 Å². The fraction of sp³-hybridized carbons (Fsp3) is 0.167. The number of benzene rings is 2. The summed E-state index contributed by atoms with van der Waals surface area (Å²) in [4.78, 5) is 23.6. The summed E-state index contributed by atoms with van der Waals surface area (Å²) in [5.74, 6) is 0.210. The van der Waals surface area contributed by atoms with Gasteiger partial charge < -0.3 is 5.32 Å². The Morgan fingerprint density at radius 2 is 1.78 bits per heavy atom. The van der Waals surface area contributed by atoms with Gasteiger partial charge in [-0.1, -0.05) is 30.3 Å². The van der Waals surface area contributed by atoms with Gasteiger partial charge in [-0.25, -0.2) is 5.43 Å². The van der Waals surface area contributed by atoms with Crippen LogP contribution in [-0.4, -0.2) is 17.5 Å². The molecule has 0 saturated heterocycles. The summed E-state index contributed by atoms with van der Waals surface area (Å²) in [6, 6.07) is 16.6. The normalized spacial score (nSPS) is 21.7. The number of nitrogens with one attached hydrogen (secondary N) is 2. The third-order valence-electron chi connectivity index (χ3n) is 4.24. The van der Waals surface area contributed by atoms with Crippen LogP contribution >= 0.6 is 0 Å². The van der Waals surface area contributed by atoms with Crippen LogP contribution in [0.25, 0.3) is 0 Å². The summed E-state index contributed by atoms with van der Waals surface area (Å²) in [6.07, 6.45) is 0.872. The Balaban J connectivity index is 1.49. The molecule has 1 fully saturated rings. The number of hydrazone groups is 1. The van der Waals surface area contributed by atoms with Crippen molar-refractivity contribution in [3.63, 3.8) is 0 Å². The van der Waals surface area contributed by atoms with Crippen LogP contribution in [0.15, 0.2) is 59.7 Å². The monoisotopic (exact) mass is 305 g/mol. The number of nitrogens with zero attached hydrogens (tertiary/aromatic N) is 1. The smallest absolute Gasteiger partial charge is 0.255 e. The van der Waals surface area contributed by atoms with Gasteiger partial charge in [0.05, 0.1) is 5.71 Å². The Labute approximate surface area is 133 Å². The molecule has 1 aliphatic heterocycles. The van der Waals surface area contributed by atoms with Gasteiger partial charge in [0.2, 0.25) is 5.91 Å². The molecule has 0 bridgehead atoms. The zero-order valence-electron chi connectivity index (χ0n) is 12.3. The van der Waals surface area contributed by atoms with E-state index in [1.54, 1.807) is 12.1 Å². The molecular weight excluding hydrogens is 290 g/mol. The van der Waals surface area contributed by atoms with Gasteiger partial charge in [0.25, 0.3) is 5.91 Å². The van der Waals surface area contributed by atoms with Crippen molar-refractivity contribution in [2.24, 2.45) is 16.9 Å². The first kappa shape index (κ1) is 13.7. The maximum Gasteiger partial charge on any atom is 0.255 e. The minimum absolute atomic E-state index is 0.0190. The molecule has 5 nitrogen and oxygen atoms in total. The van der Waals surface area contributed by atoms with Crippen molar-refractivity contribution in [1.29, 1.82) is 0 Å². The lowest BCUT2D eigenvalue weighted by atomic mass is 10.0. The van der Waals surface area contributed by atoms with E-state index in [9.17, 15) is 9.59 Å². The van der Waals surface area contributed by atoms with Crippen LogP contribution in [0.3, 0.4) is 0 Å². The number of carbonyl (C=O) groups is 2. The van der Waals surface area contributed by atoms with E-state index in [1.807, 2.05) is 42.5 Å². The highest BCUT2D eigenvalue weighted by Gasteiger charge is 2.49. The topological polar surface area (TPSA) is 70.6 Å². The van der Waals surface area contributed by atoms with Gasteiger partial charge in [-0.15, -0.1) is 0 Å².